The first-order chi connectivity index (χ1) is 7.36. The van der Waals surface area contributed by atoms with E-state index >= 15 is 0 Å². The molecule has 0 fully saturated rings. The lowest BCUT2D eigenvalue weighted by Gasteiger charge is -2.00. The molecule has 3 rings (SSSR count). The topological polar surface area (TPSA) is 37.8 Å². The molecule has 1 aliphatic rings. The van der Waals surface area contributed by atoms with E-state index in [4.69, 9.17) is 0 Å². The third kappa shape index (κ3) is 1.33. The summed E-state index contributed by atoms with van der Waals surface area (Å²) in [6.07, 6.45) is 0. The number of nitrogens with zero attached hydrogens (tertiary/aromatic N) is 1. The molecule has 1 aromatic heterocycles. The minimum Gasteiger partial charge on any atom is -0.294 e. The Kier molecular flexibility index (Phi) is 1.95. The number of para-hydroxylation sites is 1. The van der Waals surface area contributed by atoms with Crippen LogP contribution in [0.5, 0.6) is 0 Å². The highest BCUT2D eigenvalue weighted by molar-refractivity contribution is 7.98. The van der Waals surface area contributed by atoms with Crippen LogP contribution in [0.25, 0.3) is 5.69 Å². The first-order valence-corrected chi connectivity index (χ1v) is 5.97. The molecule has 0 saturated carbocycles. The zero-order valence-corrected chi connectivity index (χ0v) is 8.88. The number of aromatic nitrogens is 2. The molecule has 4 heteroatoms. The van der Waals surface area contributed by atoms with Crippen molar-refractivity contribution in [2.45, 2.75) is 11.5 Å². The van der Waals surface area contributed by atoms with Gasteiger partial charge in [-0.2, -0.15) is 11.8 Å². The highest BCUT2D eigenvalue weighted by atomic mass is 32.2. The van der Waals surface area contributed by atoms with E-state index in [-0.39, 0.29) is 5.56 Å². The van der Waals surface area contributed by atoms with Crippen LogP contribution in [0.3, 0.4) is 0 Å². The first-order valence-electron chi connectivity index (χ1n) is 4.82. The molecular formula is C11H10N2OS. The van der Waals surface area contributed by atoms with Crippen LogP contribution in [0, 0.1) is 0 Å². The van der Waals surface area contributed by atoms with Gasteiger partial charge in [-0.3, -0.25) is 9.89 Å². The van der Waals surface area contributed by atoms with Crippen molar-refractivity contribution in [1.29, 1.82) is 0 Å². The van der Waals surface area contributed by atoms with Crippen molar-refractivity contribution in [3.05, 3.63) is 51.9 Å². The van der Waals surface area contributed by atoms with E-state index in [1.165, 1.54) is 0 Å². The van der Waals surface area contributed by atoms with Crippen molar-refractivity contribution in [2.75, 3.05) is 0 Å². The lowest BCUT2D eigenvalue weighted by molar-refractivity contribution is 0.832. The van der Waals surface area contributed by atoms with E-state index in [0.717, 1.165) is 28.5 Å². The van der Waals surface area contributed by atoms with Gasteiger partial charge in [-0.1, -0.05) is 18.2 Å². The number of thioether (sulfide) groups is 1. The van der Waals surface area contributed by atoms with Gasteiger partial charge in [-0.15, -0.1) is 0 Å². The maximum atomic E-state index is 12.0. The first kappa shape index (κ1) is 8.85. The van der Waals surface area contributed by atoms with Crippen molar-refractivity contribution < 1.29 is 0 Å². The molecule has 1 N–H and O–H groups in total. The number of nitrogens with one attached hydrogen (secondary N) is 1. The SMILES string of the molecule is O=c1c2c([nH]n1-c1ccccc1)CSC2. The average Bonchev–Trinajstić information content (AvgIpc) is 2.83. The molecule has 0 saturated heterocycles. The molecule has 0 bridgehead atoms. The van der Waals surface area contributed by atoms with E-state index in [1.807, 2.05) is 30.3 Å². The van der Waals surface area contributed by atoms with Crippen molar-refractivity contribution in [1.82, 2.24) is 9.78 Å². The second-order valence-electron chi connectivity index (χ2n) is 3.54. The lowest BCUT2D eigenvalue weighted by atomic mass is 10.3. The van der Waals surface area contributed by atoms with Crippen LogP contribution in [0.15, 0.2) is 35.1 Å². The summed E-state index contributed by atoms with van der Waals surface area (Å²) in [5.74, 6) is 1.76. The standard InChI is InChI=1S/C11H10N2OS/c14-11-9-6-15-7-10(9)12-13(11)8-4-2-1-3-5-8/h1-5,12H,6-7H2. The lowest BCUT2D eigenvalue weighted by Crippen LogP contribution is -2.16. The predicted molar refractivity (Wildman–Crippen MR) is 61.4 cm³/mol. The average molecular weight is 218 g/mol. The van der Waals surface area contributed by atoms with E-state index in [2.05, 4.69) is 5.10 Å². The van der Waals surface area contributed by atoms with Gasteiger partial charge in [0.2, 0.25) is 0 Å². The van der Waals surface area contributed by atoms with Crippen molar-refractivity contribution in [2.24, 2.45) is 0 Å². The molecule has 0 radical (unpaired) electrons. The number of aromatic amines is 1. The number of hydrogen-bond donors (Lipinski definition) is 1. The fraction of sp³-hybridized carbons (Fsp3) is 0.182. The van der Waals surface area contributed by atoms with Crippen LogP contribution in [0.2, 0.25) is 0 Å². The Hall–Kier alpha value is -1.42. The fourth-order valence-corrected chi connectivity index (χ4v) is 2.85. The summed E-state index contributed by atoms with van der Waals surface area (Å²) < 4.78 is 1.63. The summed E-state index contributed by atoms with van der Waals surface area (Å²) in [6.45, 7) is 0. The van der Waals surface area contributed by atoms with Crippen LogP contribution < -0.4 is 5.56 Å². The molecule has 0 amide bonds. The van der Waals surface area contributed by atoms with Crippen molar-refractivity contribution >= 4 is 11.8 Å². The Morgan fingerprint density at radius 1 is 1.20 bits per heavy atom. The number of hydrogen-bond acceptors (Lipinski definition) is 2. The van der Waals surface area contributed by atoms with Gasteiger partial charge >= 0.3 is 0 Å². The molecule has 76 valence electrons. The van der Waals surface area contributed by atoms with Gasteiger partial charge < -0.3 is 0 Å². The van der Waals surface area contributed by atoms with Gasteiger partial charge in [0.05, 0.1) is 16.9 Å². The van der Waals surface area contributed by atoms with Crippen molar-refractivity contribution in [3.63, 3.8) is 0 Å². The maximum Gasteiger partial charge on any atom is 0.275 e. The summed E-state index contributed by atoms with van der Waals surface area (Å²) in [5, 5.41) is 3.16. The van der Waals surface area contributed by atoms with Gasteiger partial charge in [0.1, 0.15) is 0 Å². The maximum absolute atomic E-state index is 12.0. The molecule has 3 nitrogen and oxygen atoms in total. The molecule has 2 aromatic rings. The number of H-pyrrole nitrogens is 1. The molecule has 2 heterocycles. The van der Waals surface area contributed by atoms with Gasteiger partial charge in [-0.05, 0) is 12.1 Å². The van der Waals surface area contributed by atoms with Crippen LogP contribution >= 0.6 is 11.8 Å². The monoisotopic (exact) mass is 218 g/mol. The summed E-state index contributed by atoms with van der Waals surface area (Å²) in [7, 11) is 0. The minimum atomic E-state index is 0.0983. The summed E-state index contributed by atoms with van der Waals surface area (Å²) in [5.41, 5.74) is 3.01. The Morgan fingerprint density at radius 3 is 2.73 bits per heavy atom. The van der Waals surface area contributed by atoms with Crippen LogP contribution in [-0.4, -0.2) is 9.78 Å². The predicted octanol–water partition coefficient (Wildman–Crippen LogP) is 1.91. The second kappa shape index (κ2) is 3.31. The van der Waals surface area contributed by atoms with E-state index in [9.17, 15) is 4.79 Å². The zero-order chi connectivity index (χ0) is 10.3. The molecular weight excluding hydrogens is 208 g/mol. The van der Waals surface area contributed by atoms with E-state index in [0.29, 0.717) is 0 Å². The normalized spacial score (nSPS) is 14.1. The summed E-state index contributed by atoms with van der Waals surface area (Å²) in [4.78, 5) is 12.0. The van der Waals surface area contributed by atoms with E-state index in [1.54, 1.807) is 16.4 Å². The highest BCUT2D eigenvalue weighted by Crippen LogP contribution is 2.26. The Bertz CT molecular complexity index is 541. The Morgan fingerprint density at radius 2 is 2.00 bits per heavy atom. The van der Waals surface area contributed by atoms with Crippen molar-refractivity contribution in [3.8, 4) is 5.69 Å². The fourth-order valence-electron chi connectivity index (χ4n) is 1.80. The quantitative estimate of drug-likeness (QED) is 0.794. The molecule has 0 aliphatic carbocycles. The van der Waals surface area contributed by atoms with Crippen LogP contribution in [0.1, 0.15) is 11.3 Å². The van der Waals surface area contributed by atoms with Crippen LogP contribution in [0.4, 0.5) is 0 Å². The van der Waals surface area contributed by atoms with Gasteiger partial charge in [0.25, 0.3) is 5.56 Å². The largest absolute Gasteiger partial charge is 0.294 e. The van der Waals surface area contributed by atoms with Gasteiger partial charge in [-0.25, -0.2) is 4.68 Å². The number of rotatable bonds is 1. The third-order valence-electron chi connectivity index (χ3n) is 2.58. The smallest absolute Gasteiger partial charge is 0.275 e. The molecule has 15 heavy (non-hydrogen) atoms. The second-order valence-corrected chi connectivity index (χ2v) is 4.52. The number of benzene rings is 1. The van der Waals surface area contributed by atoms with Gasteiger partial charge in [0.15, 0.2) is 0 Å². The Labute approximate surface area is 91.1 Å². The van der Waals surface area contributed by atoms with E-state index < -0.39 is 0 Å². The minimum absolute atomic E-state index is 0.0983. The highest BCUT2D eigenvalue weighted by Gasteiger charge is 2.19. The molecule has 1 aromatic carbocycles. The third-order valence-corrected chi connectivity index (χ3v) is 3.57. The number of fused-ring (bicyclic) bond motifs is 1. The zero-order valence-electron chi connectivity index (χ0n) is 8.06. The summed E-state index contributed by atoms with van der Waals surface area (Å²) >= 11 is 1.78. The molecule has 0 unspecified atom stereocenters. The molecule has 1 aliphatic heterocycles. The molecule has 0 spiro atoms. The molecule has 0 atom stereocenters. The van der Waals surface area contributed by atoms with Gasteiger partial charge in [0, 0.05) is 11.5 Å². The van der Waals surface area contributed by atoms with Crippen LogP contribution in [-0.2, 0) is 11.5 Å². The summed E-state index contributed by atoms with van der Waals surface area (Å²) in [6, 6.07) is 9.67. The Balaban J connectivity index is 2.19.